The maximum Gasteiger partial charge on any atom is 0.340 e. The molecular formula is C14H19NO2. The molecule has 0 saturated heterocycles. The number of carbonyl (C=O) groups excluding carboxylic acids is 1. The Labute approximate surface area is 102 Å². The maximum absolute atomic E-state index is 11.9. The van der Waals surface area contributed by atoms with E-state index in [0.29, 0.717) is 12.2 Å². The zero-order valence-electron chi connectivity index (χ0n) is 10.2. The summed E-state index contributed by atoms with van der Waals surface area (Å²) in [5, 5.41) is 3.00. The third-order valence-electron chi connectivity index (χ3n) is 3.40. The highest BCUT2D eigenvalue weighted by Crippen LogP contribution is 2.29. The second-order valence-corrected chi connectivity index (χ2v) is 4.52. The van der Waals surface area contributed by atoms with Crippen molar-refractivity contribution in [3.05, 3.63) is 29.8 Å². The number of benzene rings is 1. The van der Waals surface area contributed by atoms with Crippen LogP contribution < -0.4 is 5.32 Å². The van der Waals surface area contributed by atoms with Crippen LogP contribution in [-0.2, 0) is 4.74 Å². The molecule has 1 aromatic carbocycles. The van der Waals surface area contributed by atoms with Gasteiger partial charge >= 0.3 is 5.97 Å². The van der Waals surface area contributed by atoms with Gasteiger partial charge in [0.2, 0.25) is 0 Å². The van der Waals surface area contributed by atoms with Crippen LogP contribution in [0.25, 0.3) is 0 Å². The van der Waals surface area contributed by atoms with Gasteiger partial charge in [0.05, 0.1) is 12.2 Å². The van der Waals surface area contributed by atoms with E-state index < -0.39 is 0 Å². The summed E-state index contributed by atoms with van der Waals surface area (Å²) in [4.78, 5) is 11.9. The van der Waals surface area contributed by atoms with Gasteiger partial charge in [-0.05, 0) is 24.5 Å². The molecule has 0 aromatic heterocycles. The second kappa shape index (κ2) is 5.71. The van der Waals surface area contributed by atoms with Crippen LogP contribution in [-0.4, -0.2) is 19.6 Å². The highest BCUT2D eigenvalue weighted by atomic mass is 16.5. The first-order chi connectivity index (χ1) is 8.31. The van der Waals surface area contributed by atoms with Crippen LogP contribution in [0.5, 0.6) is 0 Å². The molecule has 1 N–H and O–H groups in total. The van der Waals surface area contributed by atoms with Gasteiger partial charge in [-0.1, -0.05) is 31.4 Å². The van der Waals surface area contributed by atoms with Crippen molar-refractivity contribution in [1.29, 1.82) is 0 Å². The molecule has 1 aliphatic rings. The first kappa shape index (κ1) is 12.0. The monoisotopic (exact) mass is 233 g/mol. The molecular weight excluding hydrogens is 214 g/mol. The van der Waals surface area contributed by atoms with Gasteiger partial charge in [0.1, 0.15) is 0 Å². The summed E-state index contributed by atoms with van der Waals surface area (Å²) in [6.07, 6.45) is 4.93. The molecule has 0 atom stereocenters. The maximum atomic E-state index is 11.9. The van der Waals surface area contributed by atoms with Gasteiger partial charge in [-0.2, -0.15) is 0 Å². The number of para-hydroxylation sites is 1. The highest BCUT2D eigenvalue weighted by molar-refractivity contribution is 5.95. The van der Waals surface area contributed by atoms with E-state index in [9.17, 15) is 4.79 Å². The van der Waals surface area contributed by atoms with Crippen molar-refractivity contribution in [2.75, 3.05) is 19.0 Å². The molecule has 0 spiro atoms. The number of rotatable bonds is 5. The Kier molecular flexibility index (Phi) is 4.02. The molecule has 0 aliphatic heterocycles. The first-order valence-corrected chi connectivity index (χ1v) is 6.25. The van der Waals surface area contributed by atoms with Gasteiger partial charge in [0, 0.05) is 12.7 Å². The molecule has 17 heavy (non-hydrogen) atoms. The number of ether oxygens (including phenoxy) is 1. The number of carbonyl (C=O) groups is 1. The van der Waals surface area contributed by atoms with Crippen molar-refractivity contribution in [3.8, 4) is 0 Å². The highest BCUT2D eigenvalue weighted by Gasteiger charge is 2.18. The van der Waals surface area contributed by atoms with Gasteiger partial charge in [-0.25, -0.2) is 4.79 Å². The summed E-state index contributed by atoms with van der Waals surface area (Å²) in [6.45, 7) is 0.543. The van der Waals surface area contributed by atoms with Crippen molar-refractivity contribution in [2.45, 2.75) is 25.7 Å². The van der Waals surface area contributed by atoms with Gasteiger partial charge in [-0.3, -0.25) is 0 Å². The van der Waals surface area contributed by atoms with Crippen molar-refractivity contribution < 1.29 is 9.53 Å². The molecule has 0 heterocycles. The average molecular weight is 233 g/mol. The van der Waals surface area contributed by atoms with Crippen LogP contribution in [0.4, 0.5) is 5.69 Å². The Morgan fingerprint density at radius 3 is 2.82 bits per heavy atom. The van der Waals surface area contributed by atoms with Crippen molar-refractivity contribution >= 4 is 11.7 Å². The number of esters is 1. The molecule has 3 heteroatoms. The fraction of sp³-hybridized carbons (Fsp3) is 0.500. The fourth-order valence-electron chi connectivity index (χ4n) is 2.06. The second-order valence-electron chi connectivity index (χ2n) is 4.52. The minimum Gasteiger partial charge on any atom is -0.462 e. The molecule has 0 bridgehead atoms. The Bertz CT molecular complexity index is 386. The molecule has 92 valence electrons. The van der Waals surface area contributed by atoms with Crippen LogP contribution >= 0.6 is 0 Å². The summed E-state index contributed by atoms with van der Waals surface area (Å²) in [7, 11) is 1.81. The van der Waals surface area contributed by atoms with E-state index in [2.05, 4.69) is 5.32 Å². The lowest BCUT2D eigenvalue weighted by atomic mass is 9.83. The van der Waals surface area contributed by atoms with Crippen LogP contribution in [0.15, 0.2) is 24.3 Å². The molecule has 0 unspecified atom stereocenters. The zero-order valence-corrected chi connectivity index (χ0v) is 10.2. The number of nitrogens with one attached hydrogen (secondary N) is 1. The first-order valence-electron chi connectivity index (χ1n) is 6.25. The summed E-state index contributed by atoms with van der Waals surface area (Å²) < 4.78 is 5.30. The molecule has 2 rings (SSSR count). The van der Waals surface area contributed by atoms with Crippen LogP contribution in [0.1, 0.15) is 36.0 Å². The minimum atomic E-state index is -0.228. The number of hydrogen-bond donors (Lipinski definition) is 1. The van der Waals surface area contributed by atoms with E-state index in [1.54, 1.807) is 13.1 Å². The Hall–Kier alpha value is -1.51. The van der Waals surface area contributed by atoms with Crippen LogP contribution in [0, 0.1) is 5.92 Å². The van der Waals surface area contributed by atoms with Crippen LogP contribution in [0.3, 0.4) is 0 Å². The van der Waals surface area contributed by atoms with E-state index in [4.69, 9.17) is 4.74 Å². The van der Waals surface area contributed by atoms with Crippen LogP contribution in [0.2, 0.25) is 0 Å². The Morgan fingerprint density at radius 2 is 2.18 bits per heavy atom. The average Bonchev–Trinajstić information content (AvgIpc) is 2.32. The lowest BCUT2D eigenvalue weighted by Crippen LogP contribution is -2.16. The van der Waals surface area contributed by atoms with E-state index in [1.807, 2.05) is 18.2 Å². The minimum absolute atomic E-state index is 0.228. The molecule has 0 radical (unpaired) electrons. The number of anilines is 1. The predicted molar refractivity (Wildman–Crippen MR) is 68.2 cm³/mol. The van der Waals surface area contributed by atoms with E-state index in [-0.39, 0.29) is 5.97 Å². The van der Waals surface area contributed by atoms with Crippen molar-refractivity contribution in [3.63, 3.8) is 0 Å². The summed E-state index contributed by atoms with van der Waals surface area (Å²) in [6, 6.07) is 7.42. The Morgan fingerprint density at radius 1 is 1.41 bits per heavy atom. The third kappa shape index (κ3) is 2.99. The predicted octanol–water partition coefficient (Wildman–Crippen LogP) is 3.08. The number of hydrogen-bond acceptors (Lipinski definition) is 3. The van der Waals surface area contributed by atoms with Crippen molar-refractivity contribution in [2.24, 2.45) is 5.92 Å². The standard InChI is InChI=1S/C14H19NO2/c1-15-13-8-3-2-7-12(13)14(16)17-10-9-11-5-4-6-11/h2-3,7-8,11,15H,4-6,9-10H2,1H3. The molecule has 1 aliphatic carbocycles. The van der Waals surface area contributed by atoms with Gasteiger partial charge in [0.25, 0.3) is 0 Å². The molecule has 1 fully saturated rings. The van der Waals surface area contributed by atoms with Gasteiger partial charge < -0.3 is 10.1 Å². The summed E-state index contributed by atoms with van der Waals surface area (Å²) >= 11 is 0. The largest absolute Gasteiger partial charge is 0.462 e. The van der Waals surface area contributed by atoms with E-state index in [0.717, 1.165) is 18.0 Å². The zero-order chi connectivity index (χ0) is 12.1. The SMILES string of the molecule is CNc1ccccc1C(=O)OCCC1CCC1. The smallest absolute Gasteiger partial charge is 0.340 e. The summed E-state index contributed by atoms with van der Waals surface area (Å²) in [5.41, 5.74) is 1.43. The third-order valence-corrected chi connectivity index (χ3v) is 3.40. The van der Waals surface area contributed by atoms with E-state index >= 15 is 0 Å². The molecule has 1 aromatic rings. The molecule has 3 nitrogen and oxygen atoms in total. The summed E-state index contributed by atoms with van der Waals surface area (Å²) in [5.74, 6) is 0.552. The van der Waals surface area contributed by atoms with E-state index in [1.165, 1.54) is 19.3 Å². The molecule has 0 amide bonds. The van der Waals surface area contributed by atoms with Gasteiger partial charge in [0.15, 0.2) is 0 Å². The lowest BCUT2D eigenvalue weighted by Gasteiger charge is -2.24. The normalized spacial score (nSPS) is 15.1. The lowest BCUT2D eigenvalue weighted by molar-refractivity contribution is 0.0465. The quantitative estimate of drug-likeness (QED) is 0.794. The Balaban J connectivity index is 1.85. The van der Waals surface area contributed by atoms with Gasteiger partial charge in [-0.15, -0.1) is 0 Å². The molecule has 1 saturated carbocycles. The van der Waals surface area contributed by atoms with Crippen molar-refractivity contribution in [1.82, 2.24) is 0 Å². The fourth-order valence-corrected chi connectivity index (χ4v) is 2.06. The topological polar surface area (TPSA) is 38.3 Å².